The van der Waals surface area contributed by atoms with E-state index < -0.39 is 6.04 Å². The number of nitrogens with one attached hydrogen (secondary N) is 1. The molecule has 1 aliphatic rings. The average Bonchev–Trinajstić information content (AvgIpc) is 2.62. The van der Waals surface area contributed by atoms with E-state index in [0.29, 0.717) is 10.6 Å². The molecule has 0 radical (unpaired) electrons. The van der Waals surface area contributed by atoms with E-state index in [1.54, 1.807) is 11.9 Å². The summed E-state index contributed by atoms with van der Waals surface area (Å²) in [5.41, 5.74) is 1.68. The van der Waals surface area contributed by atoms with E-state index in [4.69, 9.17) is 11.6 Å². The standard InChI is InChI=1S/C18H24BrClN4O/c1-4-12-5-6-14(17(20)16(12)19)15(11-21)22-18(25)24(3)13-7-9-23(2)10-8-13/h5-6,13,15H,4,7-10H2,1-3H3,(H,22,25). The van der Waals surface area contributed by atoms with E-state index in [1.165, 1.54) is 0 Å². The van der Waals surface area contributed by atoms with Gasteiger partial charge in [-0.3, -0.25) is 0 Å². The molecule has 0 aliphatic carbocycles. The topological polar surface area (TPSA) is 59.4 Å². The fourth-order valence-electron chi connectivity index (χ4n) is 3.05. The molecule has 1 saturated heterocycles. The van der Waals surface area contributed by atoms with Crippen LogP contribution in [0.4, 0.5) is 4.79 Å². The van der Waals surface area contributed by atoms with Crippen molar-refractivity contribution in [2.24, 2.45) is 0 Å². The Labute approximate surface area is 163 Å². The number of likely N-dealkylation sites (tertiary alicyclic amines) is 1. The van der Waals surface area contributed by atoms with Crippen molar-refractivity contribution in [3.63, 3.8) is 0 Å². The number of aryl methyl sites for hydroxylation is 1. The summed E-state index contributed by atoms with van der Waals surface area (Å²) >= 11 is 9.89. The van der Waals surface area contributed by atoms with E-state index in [9.17, 15) is 10.1 Å². The van der Waals surface area contributed by atoms with Crippen molar-refractivity contribution in [2.45, 2.75) is 38.3 Å². The zero-order valence-electron chi connectivity index (χ0n) is 14.9. The first kappa shape index (κ1) is 20.0. The third kappa shape index (κ3) is 4.66. The van der Waals surface area contributed by atoms with Gasteiger partial charge >= 0.3 is 6.03 Å². The van der Waals surface area contributed by atoms with Gasteiger partial charge in [-0.15, -0.1) is 0 Å². The van der Waals surface area contributed by atoms with Gasteiger partial charge in [-0.05, 0) is 60.9 Å². The Hall–Kier alpha value is -1.29. The maximum Gasteiger partial charge on any atom is 0.318 e. The van der Waals surface area contributed by atoms with Crippen LogP contribution in [0.25, 0.3) is 0 Å². The molecule has 136 valence electrons. The zero-order chi connectivity index (χ0) is 18.6. The molecule has 1 aromatic carbocycles. The van der Waals surface area contributed by atoms with Crippen LogP contribution in [0.2, 0.25) is 5.02 Å². The number of hydrogen-bond acceptors (Lipinski definition) is 3. The molecule has 1 heterocycles. The SMILES string of the molecule is CCc1ccc(C(C#N)NC(=O)N(C)C2CCN(C)CC2)c(Cl)c1Br. The van der Waals surface area contributed by atoms with Crippen LogP contribution in [-0.2, 0) is 6.42 Å². The van der Waals surface area contributed by atoms with E-state index in [1.807, 2.05) is 19.1 Å². The lowest BCUT2D eigenvalue weighted by Gasteiger charge is -2.35. The molecular weight excluding hydrogens is 404 g/mol. The highest BCUT2D eigenvalue weighted by molar-refractivity contribution is 9.10. The first-order chi connectivity index (χ1) is 11.9. The largest absolute Gasteiger partial charge is 0.325 e. The minimum absolute atomic E-state index is 0.195. The number of benzene rings is 1. The second-order valence-corrected chi connectivity index (χ2v) is 7.62. The highest BCUT2D eigenvalue weighted by Gasteiger charge is 2.26. The summed E-state index contributed by atoms with van der Waals surface area (Å²) in [6, 6.07) is 5.07. The molecule has 0 saturated carbocycles. The van der Waals surface area contributed by atoms with Gasteiger partial charge in [0.05, 0.1) is 11.1 Å². The van der Waals surface area contributed by atoms with Gasteiger partial charge in [0.2, 0.25) is 0 Å². The van der Waals surface area contributed by atoms with Crippen LogP contribution in [0.1, 0.15) is 36.9 Å². The predicted molar refractivity (Wildman–Crippen MR) is 104 cm³/mol. The van der Waals surface area contributed by atoms with Gasteiger partial charge in [0.25, 0.3) is 0 Å². The van der Waals surface area contributed by atoms with Gasteiger partial charge in [-0.2, -0.15) is 5.26 Å². The van der Waals surface area contributed by atoms with Crippen molar-refractivity contribution in [3.8, 4) is 6.07 Å². The molecule has 0 bridgehead atoms. The number of hydrogen-bond donors (Lipinski definition) is 1. The number of urea groups is 1. The molecule has 2 rings (SSSR count). The highest BCUT2D eigenvalue weighted by Crippen LogP contribution is 2.33. The van der Waals surface area contributed by atoms with Crippen LogP contribution in [-0.4, -0.2) is 49.1 Å². The molecule has 5 nitrogen and oxygen atoms in total. The molecule has 7 heteroatoms. The molecule has 2 amide bonds. The minimum atomic E-state index is -0.782. The molecule has 25 heavy (non-hydrogen) atoms. The van der Waals surface area contributed by atoms with Gasteiger partial charge in [0.15, 0.2) is 0 Å². The Morgan fingerprint density at radius 2 is 2.16 bits per heavy atom. The van der Waals surface area contributed by atoms with Crippen molar-refractivity contribution < 1.29 is 4.79 Å². The lowest BCUT2D eigenvalue weighted by Crippen LogP contribution is -2.48. The molecular formula is C18H24BrClN4O. The van der Waals surface area contributed by atoms with Crippen LogP contribution in [0.3, 0.4) is 0 Å². The van der Waals surface area contributed by atoms with Gasteiger partial charge in [-0.25, -0.2) is 4.79 Å². The third-order valence-corrected chi connectivity index (χ3v) is 6.38. The van der Waals surface area contributed by atoms with Crippen molar-refractivity contribution in [1.29, 1.82) is 5.26 Å². The summed E-state index contributed by atoms with van der Waals surface area (Å²) in [5, 5.41) is 12.8. The van der Waals surface area contributed by atoms with Gasteiger partial charge in [0.1, 0.15) is 6.04 Å². The smallest absolute Gasteiger partial charge is 0.318 e. The van der Waals surface area contributed by atoms with Crippen molar-refractivity contribution in [1.82, 2.24) is 15.1 Å². The summed E-state index contributed by atoms with van der Waals surface area (Å²) in [5.74, 6) is 0. The van der Waals surface area contributed by atoms with Crippen molar-refractivity contribution >= 4 is 33.6 Å². The number of rotatable bonds is 4. The summed E-state index contributed by atoms with van der Waals surface area (Å²) in [4.78, 5) is 16.5. The fourth-order valence-corrected chi connectivity index (χ4v) is 3.99. The maximum absolute atomic E-state index is 12.6. The Kier molecular flexibility index (Phi) is 7.12. The molecule has 0 spiro atoms. The fraction of sp³-hybridized carbons (Fsp3) is 0.556. The maximum atomic E-state index is 12.6. The third-order valence-electron chi connectivity index (χ3n) is 4.84. The Morgan fingerprint density at radius 1 is 1.52 bits per heavy atom. The van der Waals surface area contributed by atoms with Crippen LogP contribution >= 0.6 is 27.5 Å². The predicted octanol–water partition coefficient (Wildman–Crippen LogP) is 3.97. The number of amides is 2. The molecule has 1 unspecified atom stereocenters. The number of carbonyl (C=O) groups excluding carboxylic acids is 1. The minimum Gasteiger partial charge on any atom is -0.325 e. The summed E-state index contributed by atoms with van der Waals surface area (Å²) < 4.78 is 0.785. The lowest BCUT2D eigenvalue weighted by atomic mass is 10.0. The summed E-state index contributed by atoms with van der Waals surface area (Å²) in [7, 11) is 3.87. The Morgan fingerprint density at radius 3 is 2.72 bits per heavy atom. The second kappa shape index (κ2) is 8.88. The van der Waals surface area contributed by atoms with Gasteiger partial charge in [-0.1, -0.05) is 30.7 Å². The molecule has 1 N–H and O–H groups in total. The number of piperidine rings is 1. The van der Waals surface area contributed by atoms with E-state index in [0.717, 1.165) is 42.4 Å². The van der Waals surface area contributed by atoms with E-state index in [2.05, 4.69) is 39.3 Å². The van der Waals surface area contributed by atoms with E-state index >= 15 is 0 Å². The average molecular weight is 428 g/mol. The Balaban J connectivity index is 2.10. The highest BCUT2D eigenvalue weighted by atomic mass is 79.9. The summed E-state index contributed by atoms with van der Waals surface area (Å²) in [6.07, 6.45) is 2.72. The zero-order valence-corrected chi connectivity index (χ0v) is 17.2. The molecule has 1 atom stereocenters. The second-order valence-electron chi connectivity index (χ2n) is 6.45. The summed E-state index contributed by atoms with van der Waals surface area (Å²) in [6.45, 7) is 3.98. The number of nitriles is 1. The molecule has 1 fully saturated rings. The normalized spacial score (nSPS) is 17.0. The van der Waals surface area contributed by atoms with Gasteiger partial charge in [0, 0.05) is 23.1 Å². The monoisotopic (exact) mass is 426 g/mol. The number of halogens is 2. The van der Waals surface area contributed by atoms with Crippen LogP contribution in [0.5, 0.6) is 0 Å². The first-order valence-electron chi connectivity index (χ1n) is 8.47. The Bertz CT molecular complexity index is 668. The lowest BCUT2D eigenvalue weighted by molar-refractivity contribution is 0.147. The van der Waals surface area contributed by atoms with Crippen molar-refractivity contribution in [3.05, 3.63) is 32.8 Å². The van der Waals surface area contributed by atoms with E-state index in [-0.39, 0.29) is 12.1 Å². The van der Waals surface area contributed by atoms with Gasteiger partial charge < -0.3 is 15.1 Å². The molecule has 1 aromatic rings. The van der Waals surface area contributed by atoms with Crippen LogP contribution < -0.4 is 5.32 Å². The van der Waals surface area contributed by atoms with Crippen molar-refractivity contribution in [2.75, 3.05) is 27.2 Å². The molecule has 1 aliphatic heterocycles. The first-order valence-corrected chi connectivity index (χ1v) is 9.64. The molecule has 0 aromatic heterocycles. The number of carbonyl (C=O) groups is 1. The van der Waals surface area contributed by atoms with Crippen LogP contribution in [0, 0.1) is 11.3 Å². The van der Waals surface area contributed by atoms with Crippen LogP contribution in [0.15, 0.2) is 16.6 Å². The number of nitrogens with zero attached hydrogens (tertiary/aromatic N) is 3. The quantitative estimate of drug-likeness (QED) is 0.791.